The first-order valence-corrected chi connectivity index (χ1v) is 10.6. The third-order valence-electron chi connectivity index (χ3n) is 4.40. The Balaban J connectivity index is 1.70. The van der Waals surface area contributed by atoms with Crippen LogP contribution in [0.15, 0.2) is 41.9 Å². The summed E-state index contributed by atoms with van der Waals surface area (Å²) in [6.45, 7) is 1.36. The quantitative estimate of drug-likeness (QED) is 0.461. The van der Waals surface area contributed by atoms with E-state index in [0.717, 1.165) is 27.9 Å². The maximum atomic E-state index is 14.1. The van der Waals surface area contributed by atoms with Crippen molar-refractivity contribution in [2.24, 2.45) is 0 Å². The molecule has 0 N–H and O–H groups in total. The highest BCUT2D eigenvalue weighted by molar-refractivity contribution is 7.22. The van der Waals surface area contributed by atoms with Gasteiger partial charge in [0.15, 0.2) is 5.13 Å². The minimum atomic E-state index is -0.369. The molecule has 0 saturated carbocycles. The summed E-state index contributed by atoms with van der Waals surface area (Å²) in [6.07, 6.45) is 0.792. The van der Waals surface area contributed by atoms with Gasteiger partial charge in [-0.3, -0.25) is 9.69 Å². The summed E-state index contributed by atoms with van der Waals surface area (Å²) in [5.74, 6) is -0.500. The van der Waals surface area contributed by atoms with E-state index in [1.807, 2.05) is 32.3 Å². The third kappa shape index (κ3) is 3.76. The normalized spacial score (nSPS) is 11.6. The lowest BCUT2D eigenvalue weighted by Crippen LogP contribution is -2.33. The first-order valence-electron chi connectivity index (χ1n) is 8.88. The van der Waals surface area contributed by atoms with Crippen LogP contribution in [0.1, 0.15) is 16.8 Å². The Morgan fingerprint density at radius 1 is 1.14 bits per heavy atom. The van der Waals surface area contributed by atoms with Gasteiger partial charge in [0, 0.05) is 12.1 Å². The van der Waals surface area contributed by atoms with E-state index < -0.39 is 0 Å². The van der Waals surface area contributed by atoms with Gasteiger partial charge in [-0.15, -0.1) is 11.3 Å². The van der Waals surface area contributed by atoms with Gasteiger partial charge in [0.1, 0.15) is 11.3 Å². The van der Waals surface area contributed by atoms with Gasteiger partial charge in [-0.1, -0.05) is 17.4 Å². The van der Waals surface area contributed by atoms with Crippen molar-refractivity contribution in [3.63, 3.8) is 0 Å². The SMILES string of the molecule is CN(C)CCCN(C(=O)c1ccc2ncsc2c1)c1nc2c(F)cccc2s1. The number of thiazole rings is 2. The average molecular weight is 415 g/mol. The van der Waals surface area contributed by atoms with Gasteiger partial charge in [-0.25, -0.2) is 14.4 Å². The van der Waals surface area contributed by atoms with Crippen LogP contribution in [-0.2, 0) is 0 Å². The summed E-state index contributed by atoms with van der Waals surface area (Å²) in [5.41, 5.74) is 3.54. The lowest BCUT2D eigenvalue weighted by atomic mass is 10.2. The Morgan fingerprint density at radius 3 is 2.79 bits per heavy atom. The molecule has 2 heterocycles. The van der Waals surface area contributed by atoms with Crippen molar-refractivity contribution >= 4 is 54.1 Å². The van der Waals surface area contributed by atoms with Crippen LogP contribution in [-0.4, -0.2) is 48.0 Å². The molecule has 4 rings (SSSR count). The molecular weight excluding hydrogens is 395 g/mol. The lowest BCUT2D eigenvalue weighted by Gasteiger charge is -2.21. The second kappa shape index (κ2) is 7.90. The van der Waals surface area contributed by atoms with Gasteiger partial charge in [-0.05, 0) is 57.4 Å². The van der Waals surface area contributed by atoms with Crippen molar-refractivity contribution in [1.82, 2.24) is 14.9 Å². The molecule has 0 atom stereocenters. The minimum Gasteiger partial charge on any atom is -0.309 e. The molecule has 8 heteroatoms. The van der Waals surface area contributed by atoms with E-state index in [2.05, 4.69) is 14.9 Å². The molecule has 0 spiro atoms. The van der Waals surface area contributed by atoms with Gasteiger partial charge < -0.3 is 4.90 Å². The van der Waals surface area contributed by atoms with E-state index in [4.69, 9.17) is 0 Å². The fraction of sp³-hybridized carbons (Fsp3) is 0.250. The van der Waals surface area contributed by atoms with Crippen LogP contribution in [0.4, 0.5) is 9.52 Å². The highest BCUT2D eigenvalue weighted by Gasteiger charge is 2.22. The molecule has 0 bridgehead atoms. The lowest BCUT2D eigenvalue weighted by molar-refractivity contribution is 0.0986. The smallest absolute Gasteiger partial charge is 0.260 e. The number of amides is 1. The molecule has 5 nitrogen and oxygen atoms in total. The van der Waals surface area contributed by atoms with Gasteiger partial charge in [-0.2, -0.15) is 0 Å². The number of carbonyl (C=O) groups is 1. The van der Waals surface area contributed by atoms with Crippen LogP contribution in [0.2, 0.25) is 0 Å². The highest BCUT2D eigenvalue weighted by atomic mass is 32.1. The predicted molar refractivity (Wildman–Crippen MR) is 114 cm³/mol. The summed E-state index contributed by atoms with van der Waals surface area (Å²) in [7, 11) is 3.99. The number of hydrogen-bond acceptors (Lipinski definition) is 6. The zero-order chi connectivity index (χ0) is 19.7. The minimum absolute atomic E-state index is 0.131. The number of hydrogen-bond donors (Lipinski definition) is 0. The van der Waals surface area contributed by atoms with Gasteiger partial charge >= 0.3 is 0 Å². The Morgan fingerprint density at radius 2 is 2.00 bits per heavy atom. The third-order valence-corrected chi connectivity index (χ3v) is 6.24. The number of nitrogens with zero attached hydrogens (tertiary/aromatic N) is 4. The van der Waals surface area contributed by atoms with Crippen molar-refractivity contribution in [3.8, 4) is 0 Å². The van der Waals surface area contributed by atoms with Crippen LogP contribution in [0.5, 0.6) is 0 Å². The van der Waals surface area contributed by atoms with Gasteiger partial charge in [0.2, 0.25) is 0 Å². The molecule has 1 amide bonds. The van der Waals surface area contributed by atoms with Crippen molar-refractivity contribution < 1.29 is 9.18 Å². The Kier molecular flexibility index (Phi) is 5.34. The van der Waals surface area contributed by atoms with E-state index in [9.17, 15) is 9.18 Å². The van der Waals surface area contributed by atoms with E-state index in [0.29, 0.717) is 22.8 Å². The molecule has 0 radical (unpaired) electrons. The fourth-order valence-corrected chi connectivity index (χ4v) is 4.71. The number of carbonyl (C=O) groups excluding carboxylic acids is 1. The van der Waals surface area contributed by atoms with Crippen molar-refractivity contribution in [1.29, 1.82) is 0 Å². The first kappa shape index (κ1) is 18.9. The molecule has 4 aromatic rings. The number of benzene rings is 2. The zero-order valence-corrected chi connectivity index (χ0v) is 17.2. The summed E-state index contributed by atoms with van der Waals surface area (Å²) >= 11 is 2.84. The Labute approximate surface area is 170 Å². The highest BCUT2D eigenvalue weighted by Crippen LogP contribution is 2.31. The standard InChI is InChI=1S/C20H19FN4OS2/c1-24(2)9-4-10-25(20-23-18-14(21)5-3-6-16(18)28-20)19(26)13-7-8-15-17(11-13)27-12-22-15/h3,5-8,11-12H,4,9-10H2,1-2H3. The van der Waals surface area contributed by atoms with Crippen molar-refractivity contribution in [2.75, 3.05) is 32.1 Å². The van der Waals surface area contributed by atoms with Crippen LogP contribution in [0, 0.1) is 5.82 Å². The molecule has 0 aliphatic heterocycles. The summed E-state index contributed by atoms with van der Waals surface area (Å²) in [5, 5.41) is 0.522. The molecule has 0 saturated heterocycles. The number of halogens is 1. The molecule has 0 aliphatic carbocycles. The van der Waals surface area contributed by atoms with Crippen LogP contribution in [0.3, 0.4) is 0 Å². The molecule has 0 unspecified atom stereocenters. The summed E-state index contributed by atoms with van der Waals surface area (Å²) in [6, 6.07) is 10.4. The topological polar surface area (TPSA) is 49.3 Å². The Bertz CT molecular complexity index is 1140. The average Bonchev–Trinajstić information content (AvgIpc) is 3.31. The number of para-hydroxylation sites is 1. The molecule has 2 aromatic heterocycles. The van der Waals surface area contributed by atoms with E-state index in [1.165, 1.54) is 28.7 Å². The second-order valence-corrected chi connectivity index (χ2v) is 8.63. The molecule has 28 heavy (non-hydrogen) atoms. The number of aromatic nitrogens is 2. The van der Waals surface area contributed by atoms with Crippen LogP contribution in [0.25, 0.3) is 20.4 Å². The monoisotopic (exact) mass is 414 g/mol. The van der Waals surface area contributed by atoms with Gasteiger partial charge in [0.25, 0.3) is 5.91 Å². The van der Waals surface area contributed by atoms with Crippen molar-refractivity contribution in [2.45, 2.75) is 6.42 Å². The molecular formula is C20H19FN4OS2. The maximum Gasteiger partial charge on any atom is 0.260 e. The maximum absolute atomic E-state index is 14.1. The van der Waals surface area contributed by atoms with Crippen molar-refractivity contribution in [3.05, 3.63) is 53.3 Å². The predicted octanol–water partition coefficient (Wildman–Crippen LogP) is 4.64. The second-order valence-electron chi connectivity index (χ2n) is 6.73. The number of fused-ring (bicyclic) bond motifs is 2. The van der Waals surface area contributed by atoms with Crippen LogP contribution < -0.4 is 4.90 Å². The number of rotatable bonds is 6. The van der Waals surface area contributed by atoms with E-state index in [1.54, 1.807) is 22.5 Å². The molecule has 0 aliphatic rings. The zero-order valence-electron chi connectivity index (χ0n) is 15.6. The molecule has 2 aromatic carbocycles. The first-order chi connectivity index (χ1) is 13.5. The van der Waals surface area contributed by atoms with Gasteiger partial charge in [0.05, 0.1) is 20.4 Å². The molecule has 0 fully saturated rings. The molecule has 144 valence electrons. The van der Waals surface area contributed by atoms with E-state index >= 15 is 0 Å². The Hall–Kier alpha value is -2.42. The largest absolute Gasteiger partial charge is 0.309 e. The summed E-state index contributed by atoms with van der Waals surface area (Å²) in [4.78, 5) is 25.8. The fourth-order valence-electron chi connectivity index (χ4n) is 2.99. The summed E-state index contributed by atoms with van der Waals surface area (Å²) < 4.78 is 15.8. The number of anilines is 1. The van der Waals surface area contributed by atoms with Crippen LogP contribution >= 0.6 is 22.7 Å². The van der Waals surface area contributed by atoms with E-state index in [-0.39, 0.29) is 11.7 Å².